The molecule has 4 heterocycles. The first-order valence-corrected chi connectivity index (χ1v) is 9.82. The molecule has 140 valence electrons. The number of carbonyl (C=O) groups is 1. The van der Waals surface area contributed by atoms with Crippen LogP contribution < -0.4 is 15.5 Å². The largest absolute Gasteiger partial charge is 0.357 e. The van der Waals surface area contributed by atoms with Crippen LogP contribution in [0, 0.1) is 5.92 Å². The third kappa shape index (κ3) is 3.53. The monoisotopic (exact) mass is 356 g/mol. The molecule has 1 unspecified atom stereocenters. The first-order valence-electron chi connectivity index (χ1n) is 9.82. The second-order valence-electron chi connectivity index (χ2n) is 7.45. The van der Waals surface area contributed by atoms with Crippen molar-refractivity contribution in [3.8, 4) is 0 Å². The van der Waals surface area contributed by atoms with E-state index in [9.17, 15) is 4.79 Å². The van der Waals surface area contributed by atoms with Crippen molar-refractivity contribution in [1.29, 1.82) is 0 Å². The lowest BCUT2D eigenvalue weighted by molar-refractivity contribution is -0.120. The van der Waals surface area contributed by atoms with Gasteiger partial charge < -0.3 is 15.5 Å². The van der Waals surface area contributed by atoms with E-state index in [-0.39, 0.29) is 11.8 Å². The summed E-state index contributed by atoms with van der Waals surface area (Å²) in [4.78, 5) is 19.8. The number of piperidine rings is 1. The van der Waals surface area contributed by atoms with Crippen LogP contribution in [-0.4, -0.2) is 46.9 Å². The van der Waals surface area contributed by atoms with Gasteiger partial charge >= 0.3 is 0 Å². The lowest BCUT2D eigenvalue weighted by Crippen LogP contribution is -2.37. The summed E-state index contributed by atoms with van der Waals surface area (Å²) in [6, 6.07) is 4.11. The lowest BCUT2D eigenvalue weighted by Gasteiger charge is -2.21. The normalized spacial score (nSPS) is 21.6. The van der Waals surface area contributed by atoms with Crippen molar-refractivity contribution in [2.75, 3.05) is 36.4 Å². The minimum Gasteiger partial charge on any atom is -0.357 e. The number of pyridine rings is 1. The summed E-state index contributed by atoms with van der Waals surface area (Å²) < 4.78 is 1.77. The highest BCUT2D eigenvalue weighted by Gasteiger charge is 2.23. The molecule has 2 aliphatic rings. The van der Waals surface area contributed by atoms with Gasteiger partial charge in [0.15, 0.2) is 11.5 Å². The van der Waals surface area contributed by atoms with Gasteiger partial charge in [0.25, 0.3) is 0 Å². The van der Waals surface area contributed by atoms with E-state index in [1.807, 2.05) is 13.1 Å². The molecule has 0 aromatic carbocycles. The Morgan fingerprint density at radius 1 is 1.19 bits per heavy atom. The fourth-order valence-electron chi connectivity index (χ4n) is 3.98. The van der Waals surface area contributed by atoms with Gasteiger partial charge in [0.1, 0.15) is 5.82 Å². The molecule has 0 bridgehead atoms. The average molecular weight is 356 g/mol. The Labute approximate surface area is 154 Å². The van der Waals surface area contributed by atoms with E-state index < -0.39 is 0 Å². The highest BCUT2D eigenvalue weighted by Crippen LogP contribution is 2.26. The number of fused-ring (bicyclic) bond motifs is 1. The standard InChI is InChI=1S/C19H28N6O/c1-24-18-15(8-9-16(21-18)25-11-4-2-3-5-12-25)17(23-24)22-19(26)14-7-6-10-20-13-14/h8-9,14,20H,2-7,10-13H2,1H3,(H,22,23,26). The Hall–Kier alpha value is -2.15. The van der Waals surface area contributed by atoms with Crippen molar-refractivity contribution in [3.05, 3.63) is 12.1 Å². The van der Waals surface area contributed by atoms with Crippen LogP contribution in [0.5, 0.6) is 0 Å². The summed E-state index contributed by atoms with van der Waals surface area (Å²) in [7, 11) is 1.89. The first kappa shape index (κ1) is 17.3. The van der Waals surface area contributed by atoms with Gasteiger partial charge in [-0.1, -0.05) is 12.8 Å². The maximum absolute atomic E-state index is 12.5. The molecule has 4 rings (SSSR count). The summed E-state index contributed by atoms with van der Waals surface area (Å²) in [6.45, 7) is 3.87. The molecule has 2 N–H and O–H groups in total. The molecule has 0 spiro atoms. The zero-order valence-corrected chi connectivity index (χ0v) is 15.5. The second kappa shape index (κ2) is 7.61. The van der Waals surface area contributed by atoms with Gasteiger partial charge in [-0.05, 0) is 44.4 Å². The van der Waals surface area contributed by atoms with E-state index in [2.05, 4.69) is 26.7 Å². The minimum atomic E-state index is 0.0186. The molecular weight excluding hydrogens is 328 g/mol. The van der Waals surface area contributed by atoms with Crippen molar-refractivity contribution in [2.45, 2.75) is 38.5 Å². The van der Waals surface area contributed by atoms with Crippen LogP contribution in [0.15, 0.2) is 12.1 Å². The van der Waals surface area contributed by atoms with Gasteiger partial charge in [0.05, 0.1) is 11.3 Å². The van der Waals surface area contributed by atoms with Crippen LogP contribution in [0.3, 0.4) is 0 Å². The zero-order chi connectivity index (χ0) is 17.9. The molecule has 7 nitrogen and oxygen atoms in total. The van der Waals surface area contributed by atoms with Crippen molar-refractivity contribution in [3.63, 3.8) is 0 Å². The average Bonchev–Trinajstić information content (AvgIpc) is 2.85. The third-order valence-electron chi connectivity index (χ3n) is 5.51. The van der Waals surface area contributed by atoms with Gasteiger partial charge in [0.2, 0.25) is 5.91 Å². The van der Waals surface area contributed by atoms with E-state index >= 15 is 0 Å². The molecule has 2 fully saturated rings. The smallest absolute Gasteiger partial charge is 0.229 e. The third-order valence-corrected chi connectivity index (χ3v) is 5.51. The number of nitrogens with zero attached hydrogens (tertiary/aromatic N) is 4. The fourth-order valence-corrected chi connectivity index (χ4v) is 3.98. The van der Waals surface area contributed by atoms with E-state index in [0.29, 0.717) is 5.82 Å². The van der Waals surface area contributed by atoms with E-state index in [4.69, 9.17) is 4.98 Å². The topological polar surface area (TPSA) is 75.1 Å². The molecule has 2 aromatic heterocycles. The fraction of sp³-hybridized carbons (Fsp3) is 0.632. The lowest BCUT2D eigenvalue weighted by atomic mass is 9.99. The molecule has 1 atom stereocenters. The highest BCUT2D eigenvalue weighted by molar-refractivity contribution is 6.00. The zero-order valence-electron chi connectivity index (χ0n) is 15.5. The number of aromatic nitrogens is 3. The molecule has 2 saturated heterocycles. The predicted molar refractivity (Wildman–Crippen MR) is 103 cm³/mol. The number of aryl methyl sites for hydroxylation is 1. The van der Waals surface area contributed by atoms with Gasteiger partial charge in [0, 0.05) is 26.7 Å². The number of hydrogen-bond donors (Lipinski definition) is 2. The molecule has 0 saturated carbocycles. The van der Waals surface area contributed by atoms with Crippen LogP contribution in [0.25, 0.3) is 11.0 Å². The number of nitrogens with one attached hydrogen (secondary N) is 2. The van der Waals surface area contributed by atoms with Crippen LogP contribution in [-0.2, 0) is 11.8 Å². The summed E-state index contributed by atoms with van der Waals surface area (Å²) >= 11 is 0. The Balaban J connectivity index is 1.56. The second-order valence-corrected chi connectivity index (χ2v) is 7.45. The summed E-state index contributed by atoms with van der Waals surface area (Å²) in [5.41, 5.74) is 0.823. The predicted octanol–water partition coefficient (Wildman–Crippen LogP) is 2.29. The van der Waals surface area contributed by atoms with Crippen molar-refractivity contribution in [1.82, 2.24) is 20.1 Å². The summed E-state index contributed by atoms with van der Waals surface area (Å²) in [5.74, 6) is 1.70. The maximum Gasteiger partial charge on any atom is 0.229 e. The van der Waals surface area contributed by atoms with Crippen LogP contribution in [0.1, 0.15) is 38.5 Å². The molecule has 26 heavy (non-hydrogen) atoms. The van der Waals surface area contributed by atoms with E-state index in [1.54, 1.807) is 4.68 Å². The maximum atomic E-state index is 12.5. The van der Waals surface area contributed by atoms with Gasteiger partial charge in [-0.2, -0.15) is 5.10 Å². The van der Waals surface area contributed by atoms with Gasteiger partial charge in [-0.15, -0.1) is 0 Å². The molecule has 1 amide bonds. The Morgan fingerprint density at radius 2 is 2.00 bits per heavy atom. The molecule has 7 heteroatoms. The summed E-state index contributed by atoms with van der Waals surface area (Å²) in [5, 5.41) is 11.7. The number of anilines is 2. The SMILES string of the molecule is Cn1nc(NC(=O)C2CCCNC2)c2ccc(N3CCCCCC3)nc21. The molecule has 0 radical (unpaired) electrons. The summed E-state index contributed by atoms with van der Waals surface area (Å²) in [6.07, 6.45) is 7.03. The van der Waals surface area contributed by atoms with Gasteiger partial charge in [-0.3, -0.25) is 4.79 Å². The number of rotatable bonds is 3. The van der Waals surface area contributed by atoms with E-state index in [1.165, 1.54) is 25.7 Å². The molecule has 2 aromatic rings. The van der Waals surface area contributed by atoms with Crippen LogP contribution in [0.2, 0.25) is 0 Å². The van der Waals surface area contributed by atoms with Gasteiger partial charge in [-0.25, -0.2) is 9.67 Å². The van der Waals surface area contributed by atoms with Crippen LogP contribution >= 0.6 is 0 Å². The molecule has 0 aliphatic carbocycles. The van der Waals surface area contributed by atoms with Crippen molar-refractivity contribution < 1.29 is 4.79 Å². The number of amides is 1. The first-order chi connectivity index (χ1) is 12.7. The van der Waals surface area contributed by atoms with Crippen LogP contribution in [0.4, 0.5) is 11.6 Å². The molecule has 2 aliphatic heterocycles. The number of carbonyl (C=O) groups excluding carboxylic acids is 1. The van der Waals surface area contributed by atoms with E-state index in [0.717, 1.165) is 55.9 Å². The molecular formula is C19H28N6O. The van der Waals surface area contributed by atoms with Crippen molar-refractivity contribution in [2.24, 2.45) is 13.0 Å². The van der Waals surface area contributed by atoms with Crippen molar-refractivity contribution >= 4 is 28.6 Å². The number of hydrogen-bond acceptors (Lipinski definition) is 5. The Bertz CT molecular complexity index is 772. The highest BCUT2D eigenvalue weighted by atomic mass is 16.2. The Kier molecular flexibility index (Phi) is 5.06. The minimum absolute atomic E-state index is 0.0186. The Morgan fingerprint density at radius 3 is 2.73 bits per heavy atom. The quantitative estimate of drug-likeness (QED) is 0.883.